The van der Waals surface area contributed by atoms with Gasteiger partial charge in [-0.25, -0.2) is 0 Å². The Labute approximate surface area is 131 Å². The van der Waals surface area contributed by atoms with Gasteiger partial charge in [-0.2, -0.15) is 0 Å². The maximum absolute atomic E-state index is 12.4. The molecule has 104 valence electrons. The predicted molar refractivity (Wildman–Crippen MR) is 85.7 cm³/mol. The number of alkyl halides is 2. The number of carbonyl (C=O) groups excluding carboxylic acids is 1. The number of hydrogen-bond acceptors (Lipinski definition) is 1. The monoisotopic (exact) mass is 387 g/mol. The van der Waals surface area contributed by atoms with Gasteiger partial charge in [0.2, 0.25) is 5.91 Å². The number of amides is 1. The first-order valence-electron chi connectivity index (χ1n) is 6.55. The van der Waals surface area contributed by atoms with Gasteiger partial charge in [-0.3, -0.25) is 4.79 Å². The lowest BCUT2D eigenvalue weighted by Crippen LogP contribution is -2.35. The van der Waals surface area contributed by atoms with Crippen molar-refractivity contribution in [2.45, 2.75) is 42.9 Å². The van der Waals surface area contributed by atoms with Crippen molar-refractivity contribution < 1.29 is 4.79 Å². The summed E-state index contributed by atoms with van der Waals surface area (Å²) in [7, 11) is 0. The standard InChI is InChI=1S/C15H19Br2NO/c1-4-12(11-7-5-10(2)6-8-11)18-13(19)14(3)9-15(14,16)17/h5-8,12H,4,9H2,1-3H3,(H,18,19)/t12-,14+/m1/s1. The Balaban J connectivity index is 2.08. The molecule has 1 fully saturated rings. The van der Waals surface area contributed by atoms with Crippen molar-refractivity contribution in [3.8, 4) is 0 Å². The van der Waals surface area contributed by atoms with Crippen LogP contribution in [0.5, 0.6) is 0 Å². The Morgan fingerprint density at radius 3 is 2.32 bits per heavy atom. The number of nitrogens with one attached hydrogen (secondary N) is 1. The van der Waals surface area contributed by atoms with Crippen molar-refractivity contribution in [2.75, 3.05) is 0 Å². The van der Waals surface area contributed by atoms with Crippen LogP contribution in [0.15, 0.2) is 24.3 Å². The third kappa shape index (κ3) is 2.89. The normalized spacial score (nSPS) is 25.7. The fourth-order valence-electron chi connectivity index (χ4n) is 2.18. The SMILES string of the molecule is CC[C@@H](NC(=O)[C@]1(C)CC1(Br)Br)c1ccc(C)cc1. The lowest BCUT2D eigenvalue weighted by molar-refractivity contribution is -0.126. The Morgan fingerprint density at radius 1 is 1.37 bits per heavy atom. The van der Waals surface area contributed by atoms with Crippen LogP contribution in [0.1, 0.15) is 43.9 Å². The minimum atomic E-state index is -0.356. The van der Waals surface area contributed by atoms with E-state index in [1.165, 1.54) is 11.1 Å². The zero-order valence-electron chi connectivity index (χ0n) is 11.5. The van der Waals surface area contributed by atoms with Crippen LogP contribution in [0.2, 0.25) is 0 Å². The smallest absolute Gasteiger partial charge is 0.228 e. The summed E-state index contributed by atoms with van der Waals surface area (Å²) in [5.41, 5.74) is 2.05. The van der Waals surface area contributed by atoms with Crippen molar-refractivity contribution in [1.82, 2.24) is 5.32 Å². The average Bonchev–Trinajstić information content (AvgIpc) is 2.88. The van der Waals surface area contributed by atoms with Crippen molar-refractivity contribution in [3.63, 3.8) is 0 Å². The molecule has 1 aromatic rings. The van der Waals surface area contributed by atoms with E-state index in [2.05, 4.69) is 75.3 Å². The fraction of sp³-hybridized carbons (Fsp3) is 0.533. The van der Waals surface area contributed by atoms with E-state index in [0.717, 1.165) is 12.8 Å². The highest BCUT2D eigenvalue weighted by atomic mass is 79.9. The van der Waals surface area contributed by atoms with Crippen molar-refractivity contribution in [2.24, 2.45) is 5.41 Å². The van der Waals surface area contributed by atoms with E-state index in [-0.39, 0.29) is 20.6 Å². The molecule has 1 aliphatic rings. The summed E-state index contributed by atoms with van der Waals surface area (Å²) in [6.45, 7) is 6.14. The summed E-state index contributed by atoms with van der Waals surface area (Å²) in [4.78, 5) is 12.4. The number of rotatable bonds is 4. The molecule has 0 heterocycles. The van der Waals surface area contributed by atoms with Gasteiger partial charge in [0, 0.05) is 0 Å². The van der Waals surface area contributed by atoms with E-state index in [1.54, 1.807) is 0 Å². The highest BCUT2D eigenvalue weighted by Crippen LogP contribution is 2.66. The minimum absolute atomic E-state index is 0.0846. The lowest BCUT2D eigenvalue weighted by atomic mass is 10.0. The van der Waals surface area contributed by atoms with Crippen LogP contribution in [0, 0.1) is 12.3 Å². The second kappa shape index (κ2) is 5.21. The van der Waals surface area contributed by atoms with Crippen LogP contribution < -0.4 is 5.32 Å². The molecule has 4 heteroatoms. The first-order valence-corrected chi connectivity index (χ1v) is 8.14. The molecule has 19 heavy (non-hydrogen) atoms. The first kappa shape index (κ1) is 15.0. The van der Waals surface area contributed by atoms with Crippen molar-refractivity contribution in [1.29, 1.82) is 0 Å². The lowest BCUT2D eigenvalue weighted by Gasteiger charge is -2.21. The van der Waals surface area contributed by atoms with Crippen LogP contribution in [-0.2, 0) is 4.79 Å². The summed E-state index contributed by atoms with van der Waals surface area (Å²) in [6.07, 6.45) is 1.71. The molecule has 2 rings (SSSR count). The molecular weight excluding hydrogens is 370 g/mol. The number of benzene rings is 1. The second-order valence-corrected chi connectivity index (χ2v) is 9.33. The Bertz CT molecular complexity index is 483. The van der Waals surface area contributed by atoms with Crippen LogP contribution in [-0.4, -0.2) is 9.14 Å². The fourth-order valence-corrected chi connectivity index (χ4v) is 3.67. The van der Waals surface area contributed by atoms with Gasteiger partial charge >= 0.3 is 0 Å². The van der Waals surface area contributed by atoms with Crippen molar-refractivity contribution >= 4 is 37.8 Å². The quantitative estimate of drug-likeness (QED) is 0.758. The van der Waals surface area contributed by atoms with E-state index in [1.807, 2.05) is 6.92 Å². The van der Waals surface area contributed by atoms with E-state index < -0.39 is 0 Å². The number of carbonyl (C=O) groups is 1. The molecule has 0 radical (unpaired) electrons. The number of halogens is 2. The molecule has 2 atom stereocenters. The van der Waals surface area contributed by atoms with E-state index in [9.17, 15) is 4.79 Å². The molecule has 1 aromatic carbocycles. The van der Waals surface area contributed by atoms with Gasteiger partial charge in [0.1, 0.15) is 0 Å². The molecule has 0 unspecified atom stereocenters. The molecule has 1 saturated carbocycles. The van der Waals surface area contributed by atoms with E-state index in [4.69, 9.17) is 0 Å². The van der Waals surface area contributed by atoms with Gasteiger partial charge in [-0.15, -0.1) is 0 Å². The second-order valence-electron chi connectivity index (χ2n) is 5.56. The predicted octanol–water partition coefficient (Wildman–Crippen LogP) is 4.46. The third-order valence-electron chi connectivity index (χ3n) is 3.95. The van der Waals surface area contributed by atoms with Gasteiger partial charge in [0.25, 0.3) is 0 Å². The highest BCUT2D eigenvalue weighted by Gasteiger charge is 2.66. The first-order chi connectivity index (χ1) is 8.80. The molecule has 0 saturated heterocycles. The van der Waals surface area contributed by atoms with Gasteiger partial charge < -0.3 is 5.32 Å². The molecule has 0 aromatic heterocycles. The Hall–Kier alpha value is -0.350. The van der Waals surface area contributed by atoms with Crippen LogP contribution >= 0.6 is 31.9 Å². The molecule has 1 amide bonds. The maximum Gasteiger partial charge on any atom is 0.228 e. The Morgan fingerprint density at radius 2 is 1.89 bits per heavy atom. The summed E-state index contributed by atoms with van der Waals surface area (Å²) in [5.74, 6) is 0.105. The number of hydrogen-bond donors (Lipinski definition) is 1. The van der Waals surface area contributed by atoms with Crippen molar-refractivity contribution in [3.05, 3.63) is 35.4 Å². The topological polar surface area (TPSA) is 29.1 Å². The molecule has 2 nitrogen and oxygen atoms in total. The molecule has 0 aliphatic heterocycles. The summed E-state index contributed by atoms with van der Waals surface area (Å²) in [5, 5.41) is 3.16. The molecule has 0 bridgehead atoms. The zero-order chi connectivity index (χ0) is 14.3. The average molecular weight is 389 g/mol. The van der Waals surface area contributed by atoms with Crippen LogP contribution in [0.25, 0.3) is 0 Å². The van der Waals surface area contributed by atoms with Gasteiger partial charge in [0.05, 0.1) is 14.7 Å². The van der Waals surface area contributed by atoms with E-state index >= 15 is 0 Å². The summed E-state index contributed by atoms with van der Waals surface area (Å²) in [6, 6.07) is 8.44. The molecule has 1 N–H and O–H groups in total. The minimum Gasteiger partial charge on any atom is -0.349 e. The maximum atomic E-state index is 12.4. The largest absolute Gasteiger partial charge is 0.349 e. The highest BCUT2D eigenvalue weighted by molar-refractivity contribution is 9.25. The van der Waals surface area contributed by atoms with Gasteiger partial charge in [-0.05, 0) is 32.3 Å². The van der Waals surface area contributed by atoms with E-state index in [0.29, 0.717) is 0 Å². The summed E-state index contributed by atoms with van der Waals surface area (Å²) < 4.78 is -0.233. The summed E-state index contributed by atoms with van der Waals surface area (Å²) >= 11 is 7.09. The third-order valence-corrected chi connectivity index (χ3v) is 6.26. The zero-order valence-corrected chi connectivity index (χ0v) is 14.6. The van der Waals surface area contributed by atoms with Gasteiger partial charge in [-0.1, -0.05) is 68.6 Å². The Kier molecular flexibility index (Phi) is 4.12. The number of aryl methyl sites for hydroxylation is 1. The molecule has 0 spiro atoms. The van der Waals surface area contributed by atoms with Gasteiger partial charge in [0.15, 0.2) is 0 Å². The van der Waals surface area contributed by atoms with Crippen LogP contribution in [0.4, 0.5) is 0 Å². The molecule has 1 aliphatic carbocycles. The van der Waals surface area contributed by atoms with Crippen LogP contribution in [0.3, 0.4) is 0 Å². The molecular formula is C15H19Br2NO.